The number of benzene rings is 4. The highest BCUT2D eigenvalue weighted by Gasteiger charge is 2.20. The van der Waals surface area contributed by atoms with Crippen molar-refractivity contribution in [2.45, 2.75) is 13.5 Å². The van der Waals surface area contributed by atoms with Crippen LogP contribution in [0.3, 0.4) is 0 Å². The van der Waals surface area contributed by atoms with Crippen LogP contribution >= 0.6 is 0 Å². The normalized spacial score (nSPS) is 10.8. The monoisotopic (exact) mass is 594 g/mol. The fraction of sp³-hybridized carbons (Fsp3) is 0.139. The summed E-state index contributed by atoms with van der Waals surface area (Å²) in [5.74, 6) is 1.42. The number of fused-ring (bicyclic) bond motifs is 2. The van der Waals surface area contributed by atoms with Gasteiger partial charge in [0.05, 0.1) is 47.8 Å². The zero-order valence-electron chi connectivity index (χ0n) is 25.3. The molecule has 2 aromatic heterocycles. The molecule has 0 atom stereocenters. The molecule has 2 N–H and O–H groups in total. The van der Waals surface area contributed by atoms with Crippen LogP contribution in [0.5, 0.6) is 11.5 Å². The van der Waals surface area contributed by atoms with Gasteiger partial charge in [0.1, 0.15) is 23.6 Å². The molecule has 0 unspecified atom stereocenters. The van der Waals surface area contributed by atoms with Crippen LogP contribution in [0.2, 0.25) is 0 Å². The second-order valence-electron chi connectivity index (χ2n) is 10.5. The molecule has 2 amide bonds. The quantitative estimate of drug-likeness (QED) is 0.195. The maximum absolute atomic E-state index is 13.2. The number of hydrogen-bond acceptors (Lipinski definition) is 5. The van der Waals surface area contributed by atoms with E-state index in [-0.39, 0.29) is 0 Å². The van der Waals surface area contributed by atoms with E-state index in [9.17, 15) is 15.3 Å². The predicted molar refractivity (Wildman–Crippen MR) is 177 cm³/mol. The summed E-state index contributed by atoms with van der Waals surface area (Å²) in [6.45, 7) is 2.68. The molecule has 6 rings (SSSR count). The Morgan fingerprint density at radius 2 is 1.24 bits per heavy atom. The third-order valence-electron chi connectivity index (χ3n) is 8.01. The molecule has 0 aliphatic rings. The van der Waals surface area contributed by atoms with Gasteiger partial charge in [-0.1, -0.05) is 24.3 Å². The summed E-state index contributed by atoms with van der Waals surface area (Å²) in [4.78, 5) is 13.2. The van der Waals surface area contributed by atoms with E-state index in [4.69, 9.17) is 9.47 Å². The van der Waals surface area contributed by atoms with Gasteiger partial charge in [0.25, 0.3) is 0 Å². The summed E-state index contributed by atoms with van der Waals surface area (Å²) >= 11 is 0. The summed E-state index contributed by atoms with van der Waals surface area (Å²) in [6.07, 6.45) is 0. The Labute approximate surface area is 260 Å². The third kappa shape index (κ3) is 5.07. The predicted octanol–water partition coefficient (Wildman–Crippen LogP) is 7.89. The number of carbonyl (C=O) groups excluding carboxylic acids is 1. The average molecular weight is 595 g/mol. The number of anilines is 2. The molecule has 0 fully saturated rings. The molecule has 0 saturated carbocycles. The first-order valence-electron chi connectivity index (χ1n) is 14.4. The molecule has 0 radical (unpaired) electrons. The molecule has 0 aliphatic carbocycles. The first-order chi connectivity index (χ1) is 21.9. The Morgan fingerprint density at radius 1 is 0.733 bits per heavy atom. The van der Waals surface area contributed by atoms with Gasteiger partial charge in [0, 0.05) is 59.0 Å². The van der Waals surface area contributed by atoms with Crippen LogP contribution in [0.4, 0.5) is 16.2 Å². The number of ether oxygens (including phenoxy) is 2. The third-order valence-corrected chi connectivity index (χ3v) is 8.01. The van der Waals surface area contributed by atoms with Gasteiger partial charge in [-0.2, -0.15) is 10.5 Å². The smallest absolute Gasteiger partial charge is 0.323 e. The van der Waals surface area contributed by atoms with E-state index in [0.717, 1.165) is 44.3 Å². The van der Waals surface area contributed by atoms with Crippen molar-refractivity contribution in [3.8, 4) is 46.2 Å². The standard InChI is InChI=1S/C36H30N6O3/c1-5-42-33-19-27(45-4)13-15-29(33)31(21-38)35(42)23-9-7-11-25(17-23)40-36(43)39-24-10-6-8-22(16-24)34-30(20-37)28-14-12-26(44-3)18-32(28)41(34)2/h6-19H,5H2,1-4H3,(H2,39,40,43). The number of methoxy groups -OCH3 is 2. The second kappa shape index (κ2) is 11.8. The topological polar surface area (TPSA) is 117 Å². The van der Waals surface area contributed by atoms with E-state index < -0.39 is 6.03 Å². The summed E-state index contributed by atoms with van der Waals surface area (Å²) in [5, 5.41) is 27.7. The van der Waals surface area contributed by atoms with Crippen molar-refractivity contribution in [2.75, 3.05) is 24.9 Å². The lowest BCUT2D eigenvalue weighted by molar-refractivity contribution is 0.262. The maximum Gasteiger partial charge on any atom is 0.323 e. The molecule has 9 nitrogen and oxygen atoms in total. The van der Waals surface area contributed by atoms with Crippen LogP contribution in [0, 0.1) is 22.7 Å². The second-order valence-corrected chi connectivity index (χ2v) is 10.5. The Bertz CT molecular complexity index is 2200. The van der Waals surface area contributed by atoms with Gasteiger partial charge in [-0.15, -0.1) is 0 Å². The van der Waals surface area contributed by atoms with Gasteiger partial charge in [0.2, 0.25) is 0 Å². The Hall–Kier alpha value is -6.19. The van der Waals surface area contributed by atoms with Gasteiger partial charge in [-0.05, 0) is 55.5 Å². The molecule has 222 valence electrons. The molecule has 9 heteroatoms. The molecule has 0 aliphatic heterocycles. The highest BCUT2D eigenvalue weighted by atomic mass is 16.5. The molecule has 2 heterocycles. The zero-order valence-corrected chi connectivity index (χ0v) is 25.3. The van der Waals surface area contributed by atoms with E-state index >= 15 is 0 Å². The summed E-state index contributed by atoms with van der Waals surface area (Å²) in [7, 11) is 5.14. The minimum absolute atomic E-state index is 0.423. The van der Waals surface area contributed by atoms with Crippen LogP contribution in [-0.2, 0) is 13.6 Å². The lowest BCUT2D eigenvalue weighted by atomic mass is 10.1. The molecule has 0 spiro atoms. The van der Waals surface area contributed by atoms with Gasteiger partial charge < -0.3 is 29.2 Å². The van der Waals surface area contributed by atoms with Crippen molar-refractivity contribution >= 4 is 39.2 Å². The number of rotatable bonds is 7. The Morgan fingerprint density at radius 3 is 1.78 bits per heavy atom. The average Bonchev–Trinajstić information content (AvgIpc) is 3.54. The van der Waals surface area contributed by atoms with E-state index in [1.54, 1.807) is 26.4 Å². The number of nitrogens with zero attached hydrogens (tertiary/aromatic N) is 4. The SMILES string of the molecule is CCn1c(-c2cccc(NC(=O)Nc3cccc(-c4c(C#N)c5ccc(OC)cc5n4C)c3)c2)c(C#N)c2ccc(OC)cc21. The number of aryl methyl sites for hydroxylation is 2. The molecule has 0 bridgehead atoms. The van der Waals surface area contributed by atoms with Crippen LogP contribution in [-0.4, -0.2) is 29.4 Å². The highest BCUT2D eigenvalue weighted by molar-refractivity contribution is 6.02. The van der Waals surface area contributed by atoms with E-state index in [2.05, 4.69) is 27.3 Å². The maximum atomic E-state index is 13.2. The van der Waals surface area contributed by atoms with Crippen molar-refractivity contribution < 1.29 is 14.3 Å². The van der Waals surface area contributed by atoms with Gasteiger partial charge in [-0.25, -0.2) is 4.79 Å². The summed E-state index contributed by atoms with van der Waals surface area (Å²) in [6, 6.07) is 30.4. The van der Waals surface area contributed by atoms with Crippen molar-refractivity contribution in [1.82, 2.24) is 9.13 Å². The van der Waals surface area contributed by atoms with Gasteiger partial charge in [-0.3, -0.25) is 0 Å². The highest BCUT2D eigenvalue weighted by Crippen LogP contribution is 2.37. The molecule has 6 aromatic rings. The number of nitriles is 2. The molecule has 45 heavy (non-hydrogen) atoms. The molecular weight excluding hydrogens is 564 g/mol. The fourth-order valence-electron chi connectivity index (χ4n) is 5.97. The van der Waals surface area contributed by atoms with Gasteiger partial charge >= 0.3 is 6.03 Å². The Kier molecular flexibility index (Phi) is 7.60. The minimum atomic E-state index is -0.423. The van der Waals surface area contributed by atoms with Crippen LogP contribution in [0.1, 0.15) is 18.1 Å². The largest absolute Gasteiger partial charge is 0.497 e. The summed E-state index contributed by atoms with van der Waals surface area (Å²) < 4.78 is 14.9. The molecule has 0 saturated heterocycles. The number of nitrogens with one attached hydrogen (secondary N) is 2. The molecular formula is C36H30N6O3. The number of aromatic nitrogens is 2. The van der Waals surface area contributed by atoms with Crippen LogP contribution < -0.4 is 20.1 Å². The number of carbonyl (C=O) groups is 1. The van der Waals surface area contributed by atoms with E-state index in [0.29, 0.717) is 40.5 Å². The first-order valence-corrected chi connectivity index (χ1v) is 14.4. The first kappa shape index (κ1) is 28.9. The number of urea groups is 1. The number of amides is 2. The number of hydrogen-bond donors (Lipinski definition) is 2. The van der Waals surface area contributed by atoms with Crippen LogP contribution in [0.25, 0.3) is 44.3 Å². The Balaban J connectivity index is 1.29. The van der Waals surface area contributed by atoms with Gasteiger partial charge in [0.15, 0.2) is 0 Å². The summed E-state index contributed by atoms with van der Waals surface area (Å²) in [5.41, 5.74) is 7.16. The van der Waals surface area contributed by atoms with Crippen LogP contribution in [0.15, 0.2) is 84.9 Å². The lowest BCUT2D eigenvalue weighted by Crippen LogP contribution is -2.19. The van der Waals surface area contributed by atoms with E-state index in [1.807, 2.05) is 91.3 Å². The fourth-order valence-corrected chi connectivity index (χ4v) is 5.97. The van der Waals surface area contributed by atoms with Crippen molar-refractivity contribution in [1.29, 1.82) is 10.5 Å². The van der Waals surface area contributed by atoms with Crippen molar-refractivity contribution in [3.63, 3.8) is 0 Å². The minimum Gasteiger partial charge on any atom is -0.497 e. The van der Waals surface area contributed by atoms with Crippen molar-refractivity contribution in [3.05, 3.63) is 96.1 Å². The van der Waals surface area contributed by atoms with Crippen molar-refractivity contribution in [2.24, 2.45) is 7.05 Å². The lowest BCUT2D eigenvalue weighted by Gasteiger charge is -2.12. The zero-order chi connectivity index (χ0) is 31.7. The molecule has 4 aromatic carbocycles. The van der Waals surface area contributed by atoms with E-state index in [1.165, 1.54) is 0 Å².